The lowest BCUT2D eigenvalue weighted by atomic mass is 10.3. The maximum atomic E-state index is 10.7. The first kappa shape index (κ1) is 8.62. The Bertz CT molecular complexity index is 280. The van der Waals surface area contributed by atoms with Crippen LogP contribution in [0.3, 0.4) is 0 Å². The van der Waals surface area contributed by atoms with Crippen LogP contribution in [-0.4, -0.2) is 5.91 Å². The summed E-state index contributed by atoms with van der Waals surface area (Å²) < 4.78 is 0.717. The molecule has 2 N–H and O–H groups in total. The molecular formula is C7H9NOS2. The molecule has 1 heterocycles. The molecule has 0 aliphatic carbocycles. The maximum absolute atomic E-state index is 10.7. The van der Waals surface area contributed by atoms with E-state index in [4.69, 9.17) is 5.73 Å². The summed E-state index contributed by atoms with van der Waals surface area (Å²) in [5.41, 5.74) is 5.64. The zero-order valence-corrected chi connectivity index (χ0v) is 7.84. The highest BCUT2D eigenvalue weighted by Crippen LogP contribution is 2.25. The molecule has 0 aromatic carbocycles. The van der Waals surface area contributed by atoms with E-state index in [1.165, 1.54) is 11.3 Å². The highest BCUT2D eigenvalue weighted by atomic mass is 32.2. The number of primary amides is 1. The van der Waals surface area contributed by atoms with Crippen LogP contribution >= 0.6 is 24.0 Å². The quantitative estimate of drug-likeness (QED) is 0.680. The smallest absolute Gasteiger partial charge is 0.250 e. The lowest BCUT2D eigenvalue weighted by Gasteiger charge is -1.87. The summed E-state index contributed by atoms with van der Waals surface area (Å²) in [6.07, 6.45) is 0.922. The number of amides is 1. The molecule has 1 amide bonds. The van der Waals surface area contributed by atoms with E-state index >= 15 is 0 Å². The molecule has 0 spiro atoms. The Labute approximate surface area is 74.8 Å². The van der Waals surface area contributed by atoms with Gasteiger partial charge >= 0.3 is 0 Å². The van der Waals surface area contributed by atoms with Gasteiger partial charge in [0.25, 0.3) is 5.91 Å². The third-order valence-electron chi connectivity index (χ3n) is 1.38. The first-order valence-electron chi connectivity index (χ1n) is 3.26. The minimum Gasteiger partial charge on any atom is -0.366 e. The second-order valence-corrected chi connectivity index (χ2v) is 4.04. The van der Waals surface area contributed by atoms with Crippen molar-refractivity contribution in [2.45, 2.75) is 17.6 Å². The molecule has 0 bridgehead atoms. The first-order valence-corrected chi connectivity index (χ1v) is 4.53. The van der Waals surface area contributed by atoms with Crippen LogP contribution in [0.2, 0.25) is 0 Å². The molecule has 2 nitrogen and oxygen atoms in total. The monoisotopic (exact) mass is 187 g/mol. The van der Waals surface area contributed by atoms with Gasteiger partial charge in [-0.3, -0.25) is 4.79 Å². The Morgan fingerprint density at radius 1 is 1.82 bits per heavy atom. The van der Waals surface area contributed by atoms with Crippen molar-refractivity contribution in [1.82, 2.24) is 0 Å². The second kappa shape index (κ2) is 3.28. The van der Waals surface area contributed by atoms with Crippen molar-refractivity contribution in [3.8, 4) is 0 Å². The zero-order valence-electron chi connectivity index (χ0n) is 6.13. The average Bonchev–Trinajstić information content (AvgIpc) is 2.30. The second-order valence-electron chi connectivity index (χ2n) is 2.15. The molecule has 0 aliphatic rings. The molecule has 0 radical (unpaired) electrons. The van der Waals surface area contributed by atoms with Gasteiger partial charge in [-0.1, -0.05) is 6.92 Å². The molecular weight excluding hydrogens is 178 g/mol. The van der Waals surface area contributed by atoms with E-state index in [1.54, 1.807) is 6.07 Å². The van der Waals surface area contributed by atoms with Gasteiger partial charge in [0.15, 0.2) is 0 Å². The van der Waals surface area contributed by atoms with Crippen molar-refractivity contribution in [3.05, 3.63) is 16.5 Å². The van der Waals surface area contributed by atoms with Crippen LogP contribution in [0.4, 0.5) is 0 Å². The summed E-state index contributed by atoms with van der Waals surface area (Å²) in [4.78, 5) is 11.9. The molecule has 0 unspecified atom stereocenters. The van der Waals surface area contributed by atoms with Gasteiger partial charge in [-0.05, 0) is 12.5 Å². The predicted molar refractivity (Wildman–Crippen MR) is 49.5 cm³/mol. The highest BCUT2D eigenvalue weighted by molar-refractivity contribution is 7.83. The molecule has 0 saturated heterocycles. The number of hydrogen-bond donors (Lipinski definition) is 2. The summed E-state index contributed by atoms with van der Waals surface area (Å²) in [7, 11) is 0. The SMILES string of the molecule is CCc1cc(C(N)=O)c(S)s1. The lowest BCUT2D eigenvalue weighted by molar-refractivity contribution is 0.0998. The normalized spacial score (nSPS) is 10.0. The Kier molecular flexibility index (Phi) is 2.57. The van der Waals surface area contributed by atoms with Crippen LogP contribution < -0.4 is 5.73 Å². The number of rotatable bonds is 2. The van der Waals surface area contributed by atoms with Crippen LogP contribution in [0.15, 0.2) is 10.3 Å². The van der Waals surface area contributed by atoms with Gasteiger partial charge in [0, 0.05) is 4.88 Å². The minimum atomic E-state index is -0.397. The number of carbonyl (C=O) groups is 1. The number of thiol groups is 1. The fraction of sp³-hybridized carbons (Fsp3) is 0.286. The van der Waals surface area contributed by atoms with Crippen LogP contribution in [0.5, 0.6) is 0 Å². The van der Waals surface area contributed by atoms with Crippen molar-refractivity contribution >= 4 is 29.9 Å². The maximum Gasteiger partial charge on any atom is 0.250 e. The summed E-state index contributed by atoms with van der Waals surface area (Å²) >= 11 is 5.64. The van der Waals surface area contributed by atoms with E-state index in [0.29, 0.717) is 9.77 Å². The van der Waals surface area contributed by atoms with E-state index in [-0.39, 0.29) is 0 Å². The van der Waals surface area contributed by atoms with Gasteiger partial charge in [-0.2, -0.15) is 0 Å². The molecule has 0 atom stereocenters. The number of thiophene rings is 1. The molecule has 4 heteroatoms. The number of aryl methyl sites for hydroxylation is 1. The van der Waals surface area contributed by atoms with Gasteiger partial charge in [0.05, 0.1) is 9.77 Å². The molecule has 11 heavy (non-hydrogen) atoms. The van der Waals surface area contributed by atoms with Crippen molar-refractivity contribution in [1.29, 1.82) is 0 Å². The van der Waals surface area contributed by atoms with Crippen molar-refractivity contribution in [3.63, 3.8) is 0 Å². The fourth-order valence-corrected chi connectivity index (χ4v) is 2.15. The van der Waals surface area contributed by atoms with E-state index in [1.807, 2.05) is 6.92 Å². The zero-order chi connectivity index (χ0) is 8.43. The third kappa shape index (κ3) is 1.75. The third-order valence-corrected chi connectivity index (χ3v) is 2.97. The van der Waals surface area contributed by atoms with Gasteiger partial charge in [0.2, 0.25) is 0 Å². The van der Waals surface area contributed by atoms with Gasteiger partial charge in [-0.15, -0.1) is 24.0 Å². The average molecular weight is 187 g/mol. The molecule has 0 saturated carbocycles. The highest BCUT2D eigenvalue weighted by Gasteiger charge is 2.08. The summed E-state index contributed by atoms with van der Waals surface area (Å²) in [6.45, 7) is 2.03. The Balaban J connectivity index is 3.07. The van der Waals surface area contributed by atoms with E-state index in [9.17, 15) is 4.79 Å². The van der Waals surface area contributed by atoms with Crippen molar-refractivity contribution < 1.29 is 4.79 Å². The van der Waals surface area contributed by atoms with Crippen LogP contribution in [0, 0.1) is 0 Å². The molecule has 60 valence electrons. The lowest BCUT2D eigenvalue weighted by Crippen LogP contribution is -2.10. The Morgan fingerprint density at radius 2 is 2.45 bits per heavy atom. The summed E-state index contributed by atoms with van der Waals surface area (Å²) in [5, 5.41) is 0. The first-order chi connectivity index (χ1) is 5.15. The van der Waals surface area contributed by atoms with E-state index in [0.717, 1.165) is 11.3 Å². The number of hydrogen-bond acceptors (Lipinski definition) is 3. The van der Waals surface area contributed by atoms with Crippen molar-refractivity contribution in [2.24, 2.45) is 5.73 Å². The van der Waals surface area contributed by atoms with E-state index < -0.39 is 5.91 Å². The van der Waals surface area contributed by atoms with Crippen LogP contribution in [-0.2, 0) is 6.42 Å². The van der Waals surface area contributed by atoms with Crippen LogP contribution in [0.1, 0.15) is 22.2 Å². The Hall–Kier alpha value is -0.480. The largest absolute Gasteiger partial charge is 0.366 e. The molecule has 1 rings (SSSR count). The molecule has 1 aromatic rings. The van der Waals surface area contributed by atoms with Gasteiger partial charge < -0.3 is 5.73 Å². The number of carbonyl (C=O) groups excluding carboxylic acids is 1. The van der Waals surface area contributed by atoms with Gasteiger partial charge in [0.1, 0.15) is 0 Å². The van der Waals surface area contributed by atoms with Crippen LogP contribution in [0.25, 0.3) is 0 Å². The molecule has 0 aliphatic heterocycles. The van der Waals surface area contributed by atoms with Gasteiger partial charge in [-0.25, -0.2) is 0 Å². The standard InChI is InChI=1S/C7H9NOS2/c1-2-4-3-5(6(8)9)7(10)11-4/h3,10H,2H2,1H3,(H2,8,9). The Morgan fingerprint density at radius 3 is 2.73 bits per heavy atom. The number of nitrogens with two attached hydrogens (primary N) is 1. The summed E-state index contributed by atoms with van der Waals surface area (Å²) in [5.74, 6) is -0.397. The predicted octanol–water partition coefficient (Wildman–Crippen LogP) is 1.70. The molecule has 0 fully saturated rings. The van der Waals surface area contributed by atoms with Crippen molar-refractivity contribution in [2.75, 3.05) is 0 Å². The topological polar surface area (TPSA) is 43.1 Å². The van der Waals surface area contributed by atoms with E-state index in [2.05, 4.69) is 12.6 Å². The summed E-state index contributed by atoms with van der Waals surface area (Å²) in [6, 6.07) is 1.80. The fourth-order valence-electron chi connectivity index (χ4n) is 0.782. The molecule has 1 aromatic heterocycles. The minimum absolute atomic E-state index is 0.397.